The second kappa shape index (κ2) is 27.2. The van der Waals surface area contributed by atoms with Crippen LogP contribution in [0.25, 0.3) is 0 Å². The zero-order chi connectivity index (χ0) is 34.7. The molecule has 0 aromatic heterocycles. The average molecular weight is 679 g/mol. The lowest BCUT2D eigenvalue weighted by Crippen LogP contribution is -2.51. The highest BCUT2D eigenvalue weighted by atomic mass is 16.6. The van der Waals surface area contributed by atoms with Gasteiger partial charge in [0.05, 0.1) is 72.5 Å². The number of aldehydes is 1. The number of carboxylic acid groups (broad SMARTS) is 3. The Hall–Kier alpha value is -2.81. The maximum atomic E-state index is 12.5. The first-order valence-corrected chi connectivity index (χ1v) is 15.9. The molecule has 1 aliphatic heterocycles. The molecule has 272 valence electrons. The van der Waals surface area contributed by atoms with Crippen molar-refractivity contribution < 1.29 is 58.2 Å². The van der Waals surface area contributed by atoms with Crippen LogP contribution in [0.5, 0.6) is 0 Å². The molecule has 0 saturated carbocycles. The number of nitrogens with zero attached hydrogens (tertiary/aromatic N) is 4. The number of rotatable bonds is 25. The highest BCUT2D eigenvalue weighted by Crippen LogP contribution is 2.10. The molecule has 1 unspecified atom stereocenters. The maximum Gasteiger partial charge on any atom is 0.320 e. The van der Waals surface area contributed by atoms with E-state index in [-0.39, 0.29) is 84.3 Å². The summed E-state index contributed by atoms with van der Waals surface area (Å²) in [6.07, 6.45) is 0.715. The van der Waals surface area contributed by atoms with Crippen LogP contribution in [0.1, 0.15) is 12.8 Å². The molecule has 1 aliphatic rings. The van der Waals surface area contributed by atoms with E-state index in [0.29, 0.717) is 72.4 Å². The van der Waals surface area contributed by atoms with Crippen LogP contribution in [0.3, 0.4) is 0 Å². The monoisotopic (exact) mass is 678 g/mol. The van der Waals surface area contributed by atoms with Crippen LogP contribution in [-0.4, -0.2) is 209 Å². The number of carbonyl (C=O) groups excluding carboxylic acids is 2. The molecule has 18 nitrogen and oxygen atoms in total. The van der Waals surface area contributed by atoms with Crippen LogP contribution in [0.15, 0.2) is 0 Å². The minimum absolute atomic E-state index is 0.0239. The highest BCUT2D eigenvalue weighted by Gasteiger charge is 2.28. The van der Waals surface area contributed by atoms with Gasteiger partial charge in [0.25, 0.3) is 0 Å². The Labute approximate surface area is 276 Å². The summed E-state index contributed by atoms with van der Waals surface area (Å²) in [7, 11) is 0. The van der Waals surface area contributed by atoms with E-state index in [9.17, 15) is 39.3 Å². The fourth-order valence-electron chi connectivity index (χ4n) is 4.78. The van der Waals surface area contributed by atoms with Gasteiger partial charge in [-0.15, -0.1) is 0 Å². The smallest absolute Gasteiger partial charge is 0.320 e. The lowest BCUT2D eigenvalue weighted by Gasteiger charge is -2.35. The van der Waals surface area contributed by atoms with Crippen molar-refractivity contribution in [2.45, 2.75) is 18.9 Å². The van der Waals surface area contributed by atoms with Gasteiger partial charge in [0.15, 0.2) is 0 Å². The van der Waals surface area contributed by atoms with Crippen molar-refractivity contribution >= 4 is 30.1 Å². The molecule has 0 aromatic rings. The molecule has 0 aromatic carbocycles. The number of carboxylic acids is 3. The molecule has 1 saturated heterocycles. The van der Waals surface area contributed by atoms with Gasteiger partial charge in [0, 0.05) is 71.9 Å². The topological polar surface area (TPSA) is 234 Å². The fraction of sp³-hybridized carbons (Fsp3) is 0.828. The summed E-state index contributed by atoms with van der Waals surface area (Å²) in [4.78, 5) is 65.8. The Morgan fingerprint density at radius 1 is 0.681 bits per heavy atom. The van der Waals surface area contributed by atoms with Gasteiger partial charge in [-0.25, -0.2) is 0 Å². The molecular weight excluding hydrogens is 624 g/mol. The molecule has 1 rings (SSSR count). The van der Waals surface area contributed by atoms with Crippen molar-refractivity contribution in [3.8, 4) is 0 Å². The van der Waals surface area contributed by atoms with E-state index in [4.69, 9.17) is 24.7 Å². The van der Waals surface area contributed by atoms with Gasteiger partial charge in [0.2, 0.25) is 5.91 Å². The van der Waals surface area contributed by atoms with Gasteiger partial charge in [-0.3, -0.25) is 38.8 Å². The molecule has 47 heavy (non-hydrogen) atoms. The zero-order valence-electron chi connectivity index (χ0n) is 27.3. The molecule has 1 atom stereocenters. The highest BCUT2D eigenvalue weighted by molar-refractivity contribution is 5.78. The molecule has 1 amide bonds. The van der Waals surface area contributed by atoms with Crippen LogP contribution >= 0.6 is 0 Å². The summed E-state index contributed by atoms with van der Waals surface area (Å²) in [6, 6.07) is -1.02. The molecule has 1 heterocycles. The second-order valence-corrected chi connectivity index (χ2v) is 10.8. The van der Waals surface area contributed by atoms with Gasteiger partial charge < -0.3 is 50.1 Å². The van der Waals surface area contributed by atoms with Crippen molar-refractivity contribution in [2.24, 2.45) is 5.73 Å². The van der Waals surface area contributed by atoms with Gasteiger partial charge in [0.1, 0.15) is 12.3 Å². The van der Waals surface area contributed by atoms with E-state index in [1.807, 2.05) is 4.90 Å². The zero-order valence-corrected chi connectivity index (χ0v) is 27.3. The van der Waals surface area contributed by atoms with Crippen molar-refractivity contribution in [1.82, 2.24) is 24.9 Å². The summed E-state index contributed by atoms with van der Waals surface area (Å²) in [6.45, 7) is 5.78. The van der Waals surface area contributed by atoms with Crippen LogP contribution in [0.4, 0.5) is 0 Å². The molecule has 1 fully saturated rings. The third kappa shape index (κ3) is 22.4. The quantitative estimate of drug-likeness (QED) is 0.0477. The number of hydrogen-bond acceptors (Lipinski definition) is 14. The minimum Gasteiger partial charge on any atom is -0.480 e. The van der Waals surface area contributed by atoms with Gasteiger partial charge in [-0.2, -0.15) is 0 Å². The molecule has 0 bridgehead atoms. The second-order valence-electron chi connectivity index (χ2n) is 10.8. The Kier molecular flexibility index (Phi) is 24.4. The molecule has 0 radical (unpaired) electrons. The minimum atomic E-state index is -1.11. The Morgan fingerprint density at radius 3 is 1.60 bits per heavy atom. The van der Waals surface area contributed by atoms with Gasteiger partial charge >= 0.3 is 17.9 Å². The fourth-order valence-corrected chi connectivity index (χ4v) is 4.78. The van der Waals surface area contributed by atoms with Crippen LogP contribution < -0.4 is 11.1 Å². The summed E-state index contributed by atoms with van der Waals surface area (Å²) in [5.74, 6) is -3.51. The van der Waals surface area contributed by atoms with Gasteiger partial charge in [-0.05, 0) is 6.42 Å². The number of aliphatic carboxylic acids is 3. The van der Waals surface area contributed by atoms with Crippen LogP contribution in [-0.2, 0) is 42.9 Å². The number of nitrogens with one attached hydrogen (secondary N) is 1. The van der Waals surface area contributed by atoms with E-state index in [1.165, 1.54) is 0 Å². The van der Waals surface area contributed by atoms with Crippen molar-refractivity contribution in [2.75, 3.05) is 138 Å². The number of carbonyl (C=O) groups is 5. The van der Waals surface area contributed by atoms with E-state index in [1.54, 1.807) is 14.7 Å². The first-order valence-electron chi connectivity index (χ1n) is 15.9. The Balaban J connectivity index is 2.56. The van der Waals surface area contributed by atoms with Crippen molar-refractivity contribution in [1.29, 1.82) is 0 Å². The average Bonchev–Trinajstić information content (AvgIpc) is 3.01. The molecule has 18 heteroatoms. The molecule has 0 aliphatic carbocycles. The standard InChI is InChI=1S/C29H54N6O12/c30-3-15-44-17-19-46-21-22-47-20-18-45-16-4-31-26(37)2-1-25(29(42)43)35-11-9-32(13-14-36)5-6-33(23-27(38)39)7-8-34(10-12-35)24-28(40)41/h14,25H,1-13,15-24,30H2,(H,31,37)(H,38,39)(H,40,41)(H,42,43). The Bertz CT molecular complexity index is 902. The number of amides is 1. The van der Waals surface area contributed by atoms with Gasteiger partial charge in [-0.1, -0.05) is 0 Å². The Morgan fingerprint density at radius 2 is 1.13 bits per heavy atom. The maximum absolute atomic E-state index is 12.5. The third-order valence-electron chi connectivity index (χ3n) is 7.24. The SMILES string of the molecule is NCCOCCOCCOCCOCCNC(=O)CCC(C(=O)O)N1CCN(CC=O)CCN(CC(=O)O)CCN(CC(=O)O)CC1. The van der Waals surface area contributed by atoms with E-state index >= 15 is 0 Å². The lowest BCUT2D eigenvalue weighted by atomic mass is 10.1. The van der Waals surface area contributed by atoms with Crippen molar-refractivity contribution in [3.05, 3.63) is 0 Å². The number of nitrogens with two attached hydrogens (primary N) is 1. The summed E-state index contributed by atoms with van der Waals surface area (Å²) in [5.41, 5.74) is 5.33. The normalized spacial score (nSPS) is 17.0. The first kappa shape index (κ1) is 42.2. The molecular formula is C29H54N6O12. The number of ether oxygens (including phenoxy) is 4. The summed E-state index contributed by atoms with van der Waals surface area (Å²) >= 11 is 0. The van der Waals surface area contributed by atoms with Crippen LogP contribution in [0, 0.1) is 0 Å². The van der Waals surface area contributed by atoms with E-state index in [0.717, 1.165) is 6.29 Å². The molecule has 0 spiro atoms. The molecule has 6 N–H and O–H groups in total. The van der Waals surface area contributed by atoms with Crippen LogP contribution in [0.2, 0.25) is 0 Å². The summed E-state index contributed by atoms with van der Waals surface area (Å²) < 4.78 is 21.4. The van der Waals surface area contributed by atoms with E-state index < -0.39 is 23.9 Å². The lowest BCUT2D eigenvalue weighted by molar-refractivity contribution is -0.144. The third-order valence-corrected chi connectivity index (χ3v) is 7.24. The van der Waals surface area contributed by atoms with Crippen molar-refractivity contribution in [3.63, 3.8) is 0 Å². The van der Waals surface area contributed by atoms with E-state index in [2.05, 4.69) is 5.32 Å². The predicted molar refractivity (Wildman–Crippen MR) is 168 cm³/mol. The largest absolute Gasteiger partial charge is 0.480 e. The number of hydrogen-bond donors (Lipinski definition) is 5. The predicted octanol–water partition coefficient (Wildman–Crippen LogP) is -3.05. The first-order chi connectivity index (χ1) is 22.7. The summed E-state index contributed by atoms with van der Waals surface area (Å²) in [5, 5.41) is 31.5.